The van der Waals surface area contributed by atoms with Gasteiger partial charge in [0.2, 0.25) is 0 Å². The van der Waals surface area contributed by atoms with Gasteiger partial charge in [0.25, 0.3) is 5.91 Å². The summed E-state index contributed by atoms with van der Waals surface area (Å²) < 4.78 is 0. The predicted molar refractivity (Wildman–Crippen MR) is 74.5 cm³/mol. The smallest absolute Gasteiger partial charge is 0.254 e. The van der Waals surface area contributed by atoms with Gasteiger partial charge in [-0.3, -0.25) is 9.78 Å². The molecule has 1 heterocycles. The van der Waals surface area contributed by atoms with Gasteiger partial charge in [0.1, 0.15) is 6.07 Å². The molecule has 0 aliphatic heterocycles. The van der Waals surface area contributed by atoms with Crippen LogP contribution in [0.15, 0.2) is 18.5 Å². The summed E-state index contributed by atoms with van der Waals surface area (Å²) in [5.74, 6) is 0.349. The van der Waals surface area contributed by atoms with Crippen molar-refractivity contribution in [1.82, 2.24) is 10.3 Å². The van der Waals surface area contributed by atoms with Crippen molar-refractivity contribution in [3.8, 4) is 6.07 Å². The molecule has 0 radical (unpaired) electrons. The van der Waals surface area contributed by atoms with E-state index in [1.165, 1.54) is 12.4 Å². The molecule has 0 bridgehead atoms. The van der Waals surface area contributed by atoms with Gasteiger partial charge in [-0.05, 0) is 23.8 Å². The van der Waals surface area contributed by atoms with Gasteiger partial charge in [0.15, 0.2) is 0 Å². The van der Waals surface area contributed by atoms with Gasteiger partial charge in [-0.2, -0.15) is 5.26 Å². The summed E-state index contributed by atoms with van der Waals surface area (Å²) in [6.45, 7) is 9.17. The highest BCUT2D eigenvalue weighted by molar-refractivity contribution is 5.96. The Labute approximate surface area is 114 Å². The molecule has 0 aliphatic carbocycles. The number of nitriles is 1. The summed E-state index contributed by atoms with van der Waals surface area (Å²) in [5.41, 5.74) is 0.735. The van der Waals surface area contributed by atoms with Crippen molar-refractivity contribution < 1.29 is 4.79 Å². The topological polar surface area (TPSA) is 65.8 Å². The molecule has 4 nitrogen and oxygen atoms in total. The first kappa shape index (κ1) is 15.2. The molecular formula is C15H21N3O. The number of pyridine rings is 1. The van der Waals surface area contributed by atoms with Gasteiger partial charge < -0.3 is 5.32 Å². The summed E-state index contributed by atoms with van der Waals surface area (Å²) in [6.07, 6.45) is 3.98. The molecule has 0 unspecified atom stereocenters. The van der Waals surface area contributed by atoms with E-state index < -0.39 is 0 Å². The Balaban J connectivity index is 2.69. The van der Waals surface area contributed by atoms with E-state index >= 15 is 0 Å². The second-order valence-electron chi connectivity index (χ2n) is 5.98. The van der Waals surface area contributed by atoms with Crippen LogP contribution in [0.1, 0.15) is 50.0 Å². The number of nitrogens with zero attached hydrogens (tertiary/aromatic N) is 2. The van der Waals surface area contributed by atoms with Gasteiger partial charge in [0, 0.05) is 18.9 Å². The summed E-state index contributed by atoms with van der Waals surface area (Å²) >= 11 is 0. The van der Waals surface area contributed by atoms with Gasteiger partial charge in [-0.25, -0.2) is 0 Å². The molecule has 0 fully saturated rings. The Morgan fingerprint density at radius 3 is 2.79 bits per heavy atom. The molecule has 1 aromatic rings. The first-order chi connectivity index (χ1) is 8.85. The van der Waals surface area contributed by atoms with E-state index in [4.69, 9.17) is 5.26 Å². The van der Waals surface area contributed by atoms with Crippen LogP contribution < -0.4 is 5.32 Å². The molecule has 0 saturated carbocycles. The minimum atomic E-state index is -0.235. The molecule has 1 rings (SSSR count). The van der Waals surface area contributed by atoms with E-state index in [1.807, 2.05) is 6.07 Å². The lowest BCUT2D eigenvalue weighted by Gasteiger charge is -2.27. The monoisotopic (exact) mass is 259 g/mol. The molecule has 0 spiro atoms. The van der Waals surface area contributed by atoms with E-state index in [0.29, 0.717) is 23.6 Å². The van der Waals surface area contributed by atoms with Crippen molar-refractivity contribution in [3.63, 3.8) is 0 Å². The lowest BCUT2D eigenvalue weighted by molar-refractivity contribution is 0.0931. The van der Waals surface area contributed by atoms with Crippen LogP contribution >= 0.6 is 0 Å². The molecule has 0 atom stereocenters. The highest BCUT2D eigenvalue weighted by Crippen LogP contribution is 2.24. The fourth-order valence-electron chi connectivity index (χ4n) is 2.27. The number of carbonyl (C=O) groups is 1. The quantitative estimate of drug-likeness (QED) is 0.884. The standard InChI is InChI=1S/C15H21N3O/c1-11(2)7-15(3,4)10-18-14(19)13-9-17-6-5-12(13)8-16/h5-6,9,11H,7,10H2,1-4H3,(H,18,19). The van der Waals surface area contributed by atoms with Gasteiger partial charge in [-0.1, -0.05) is 27.7 Å². The van der Waals surface area contributed by atoms with Crippen molar-refractivity contribution in [2.75, 3.05) is 6.54 Å². The van der Waals surface area contributed by atoms with Crippen molar-refractivity contribution in [3.05, 3.63) is 29.6 Å². The average molecular weight is 259 g/mol. The molecule has 1 aromatic heterocycles. The summed E-state index contributed by atoms with van der Waals surface area (Å²) in [7, 11) is 0. The van der Waals surface area contributed by atoms with E-state index in [0.717, 1.165) is 6.42 Å². The number of rotatable bonds is 5. The molecule has 102 valence electrons. The summed E-state index contributed by atoms with van der Waals surface area (Å²) in [4.78, 5) is 15.9. The van der Waals surface area contributed by atoms with Crippen LogP contribution in [0.5, 0.6) is 0 Å². The zero-order valence-corrected chi connectivity index (χ0v) is 12.0. The fourth-order valence-corrected chi connectivity index (χ4v) is 2.27. The first-order valence-electron chi connectivity index (χ1n) is 6.48. The summed E-state index contributed by atoms with van der Waals surface area (Å²) in [6, 6.07) is 3.55. The normalized spacial score (nSPS) is 11.2. The summed E-state index contributed by atoms with van der Waals surface area (Å²) in [5, 5.41) is 11.8. The number of hydrogen-bond acceptors (Lipinski definition) is 3. The largest absolute Gasteiger partial charge is 0.351 e. The molecule has 1 amide bonds. The SMILES string of the molecule is CC(C)CC(C)(C)CNC(=O)c1cnccc1C#N. The number of carbonyl (C=O) groups excluding carboxylic acids is 1. The van der Waals surface area contributed by atoms with Crippen molar-refractivity contribution >= 4 is 5.91 Å². The van der Waals surface area contributed by atoms with E-state index in [9.17, 15) is 4.79 Å². The Hall–Kier alpha value is -1.89. The third kappa shape index (κ3) is 4.70. The average Bonchev–Trinajstić information content (AvgIpc) is 2.34. The number of nitrogens with one attached hydrogen (secondary N) is 1. The van der Waals surface area contributed by atoms with E-state index in [-0.39, 0.29) is 11.3 Å². The highest BCUT2D eigenvalue weighted by atomic mass is 16.1. The van der Waals surface area contributed by atoms with Crippen LogP contribution in [0.25, 0.3) is 0 Å². The zero-order valence-electron chi connectivity index (χ0n) is 12.0. The highest BCUT2D eigenvalue weighted by Gasteiger charge is 2.21. The first-order valence-corrected chi connectivity index (χ1v) is 6.48. The third-order valence-corrected chi connectivity index (χ3v) is 2.87. The minimum Gasteiger partial charge on any atom is -0.351 e. The molecular weight excluding hydrogens is 238 g/mol. The van der Waals surface area contributed by atoms with Crippen LogP contribution in [-0.4, -0.2) is 17.4 Å². The second-order valence-corrected chi connectivity index (χ2v) is 5.98. The number of hydrogen-bond donors (Lipinski definition) is 1. The third-order valence-electron chi connectivity index (χ3n) is 2.87. The lowest BCUT2D eigenvalue weighted by atomic mass is 9.84. The van der Waals surface area contributed by atoms with Crippen LogP contribution in [-0.2, 0) is 0 Å². The molecule has 4 heteroatoms. The molecule has 0 saturated heterocycles. The van der Waals surface area contributed by atoms with Gasteiger partial charge >= 0.3 is 0 Å². The molecule has 19 heavy (non-hydrogen) atoms. The van der Waals surface area contributed by atoms with Gasteiger partial charge in [0.05, 0.1) is 11.1 Å². The molecule has 0 aromatic carbocycles. The Bertz CT molecular complexity index is 486. The van der Waals surface area contributed by atoms with Crippen LogP contribution in [0, 0.1) is 22.7 Å². The van der Waals surface area contributed by atoms with Crippen molar-refractivity contribution in [2.45, 2.75) is 34.1 Å². The minimum absolute atomic E-state index is 0.0405. The lowest BCUT2D eigenvalue weighted by Crippen LogP contribution is -2.35. The van der Waals surface area contributed by atoms with Crippen LogP contribution in [0.3, 0.4) is 0 Å². The maximum absolute atomic E-state index is 12.1. The number of aromatic nitrogens is 1. The van der Waals surface area contributed by atoms with E-state index in [1.54, 1.807) is 6.07 Å². The maximum Gasteiger partial charge on any atom is 0.254 e. The molecule has 0 aliphatic rings. The fraction of sp³-hybridized carbons (Fsp3) is 0.533. The second kappa shape index (κ2) is 6.33. The van der Waals surface area contributed by atoms with Crippen LogP contribution in [0.4, 0.5) is 0 Å². The van der Waals surface area contributed by atoms with Crippen LogP contribution in [0.2, 0.25) is 0 Å². The van der Waals surface area contributed by atoms with Gasteiger partial charge in [-0.15, -0.1) is 0 Å². The van der Waals surface area contributed by atoms with Crippen molar-refractivity contribution in [2.24, 2.45) is 11.3 Å². The zero-order chi connectivity index (χ0) is 14.5. The Morgan fingerprint density at radius 2 is 2.21 bits per heavy atom. The predicted octanol–water partition coefficient (Wildman–Crippen LogP) is 2.76. The maximum atomic E-state index is 12.1. The van der Waals surface area contributed by atoms with Crippen molar-refractivity contribution in [1.29, 1.82) is 5.26 Å². The van der Waals surface area contributed by atoms with E-state index in [2.05, 4.69) is 38.0 Å². The molecule has 1 N–H and O–H groups in total. The Morgan fingerprint density at radius 1 is 1.53 bits per heavy atom. The number of amides is 1. The Kier molecular flexibility index (Phi) is 5.05.